The van der Waals surface area contributed by atoms with Crippen LogP contribution in [0.2, 0.25) is 10.0 Å². The summed E-state index contributed by atoms with van der Waals surface area (Å²) < 4.78 is 16.9. The zero-order chi connectivity index (χ0) is 28.6. The number of nitrogens with zero attached hydrogens (tertiary/aromatic N) is 1. The van der Waals surface area contributed by atoms with Crippen LogP contribution in [0, 0.1) is 0 Å². The molecule has 0 unspecified atom stereocenters. The molecular formula is C30H25Cl2NO6S. The molecule has 0 aromatic heterocycles. The van der Waals surface area contributed by atoms with Gasteiger partial charge in [-0.3, -0.25) is 4.79 Å². The summed E-state index contributed by atoms with van der Waals surface area (Å²) in [6.45, 7) is 4.20. The zero-order valence-electron chi connectivity index (χ0n) is 21.6. The Balaban J connectivity index is 1.63. The van der Waals surface area contributed by atoms with Crippen molar-refractivity contribution in [2.24, 2.45) is 4.99 Å². The van der Waals surface area contributed by atoms with Crippen molar-refractivity contribution < 1.29 is 28.9 Å². The summed E-state index contributed by atoms with van der Waals surface area (Å²) in [5, 5.41) is 12.0. The van der Waals surface area contributed by atoms with E-state index in [1.807, 2.05) is 6.92 Å². The monoisotopic (exact) mass is 597 g/mol. The molecule has 0 aliphatic carbocycles. The van der Waals surface area contributed by atoms with Gasteiger partial charge in [-0.2, -0.15) is 0 Å². The van der Waals surface area contributed by atoms with Gasteiger partial charge in [-0.05, 0) is 61.9 Å². The Morgan fingerprint density at radius 2 is 1.73 bits per heavy atom. The summed E-state index contributed by atoms with van der Waals surface area (Å²) in [5.41, 5.74) is 1.62. The second-order valence-electron chi connectivity index (χ2n) is 8.31. The van der Waals surface area contributed by atoms with Crippen molar-refractivity contribution in [2.75, 3.05) is 13.2 Å². The van der Waals surface area contributed by atoms with Crippen LogP contribution in [0.5, 0.6) is 11.5 Å². The average Bonchev–Trinajstić information content (AvgIpc) is 3.23. The third kappa shape index (κ3) is 7.07. The minimum atomic E-state index is -0.768. The van der Waals surface area contributed by atoms with E-state index >= 15 is 0 Å². The number of esters is 1. The number of aliphatic hydroxyl groups excluding tert-OH is 1. The maximum atomic E-state index is 12.7. The Morgan fingerprint density at radius 1 is 0.950 bits per heavy atom. The van der Waals surface area contributed by atoms with Crippen LogP contribution in [0.4, 0.5) is 0 Å². The van der Waals surface area contributed by atoms with Crippen molar-refractivity contribution in [2.45, 2.75) is 20.5 Å². The Bertz CT molecular complexity index is 1520. The van der Waals surface area contributed by atoms with E-state index in [-0.39, 0.29) is 29.6 Å². The predicted octanol–water partition coefficient (Wildman–Crippen LogP) is 7.67. The molecule has 0 fully saturated rings. The van der Waals surface area contributed by atoms with Crippen LogP contribution in [-0.2, 0) is 16.1 Å². The second-order valence-corrected chi connectivity index (χ2v) is 10.2. The Labute approximate surface area is 246 Å². The minimum absolute atomic E-state index is 0.0564. The Kier molecular flexibility index (Phi) is 9.93. The third-order valence-corrected chi connectivity index (χ3v) is 7.16. The first kappa shape index (κ1) is 29.3. The van der Waals surface area contributed by atoms with Gasteiger partial charge in [-0.15, -0.1) is 0 Å². The summed E-state index contributed by atoms with van der Waals surface area (Å²) in [6, 6.07) is 18.9. The highest BCUT2D eigenvalue weighted by molar-refractivity contribution is 8.18. The fraction of sp³-hybridized carbons (Fsp3) is 0.167. The van der Waals surface area contributed by atoms with Gasteiger partial charge >= 0.3 is 5.97 Å². The molecule has 0 radical (unpaired) electrons. The first-order valence-corrected chi connectivity index (χ1v) is 13.9. The number of halogens is 2. The van der Waals surface area contributed by atoms with Crippen LogP contribution < -0.4 is 9.47 Å². The molecule has 0 spiro atoms. The largest absolute Gasteiger partial charge is 0.506 e. The van der Waals surface area contributed by atoms with Gasteiger partial charge in [0.2, 0.25) is 0 Å². The molecule has 1 heterocycles. The third-order valence-electron chi connectivity index (χ3n) is 5.56. The lowest BCUT2D eigenvalue weighted by Gasteiger charge is -2.13. The van der Waals surface area contributed by atoms with E-state index in [1.165, 1.54) is 0 Å². The molecule has 7 nitrogen and oxygen atoms in total. The van der Waals surface area contributed by atoms with E-state index in [0.717, 1.165) is 17.3 Å². The number of aliphatic imine (C=N–C) groups is 1. The number of aliphatic hydroxyl groups is 1. The molecule has 0 saturated heterocycles. The van der Waals surface area contributed by atoms with E-state index < -0.39 is 11.9 Å². The molecule has 1 N–H and O–H groups in total. The topological polar surface area (TPSA) is 94.4 Å². The molecule has 0 saturated carbocycles. The summed E-state index contributed by atoms with van der Waals surface area (Å²) in [6.07, 6.45) is 1.66. The molecule has 1 amide bonds. The average molecular weight is 599 g/mol. The number of hydrogen-bond donors (Lipinski definition) is 1. The maximum Gasteiger partial charge on any atom is 0.344 e. The lowest BCUT2D eigenvalue weighted by molar-refractivity contribution is -0.138. The van der Waals surface area contributed by atoms with Crippen molar-refractivity contribution in [3.63, 3.8) is 0 Å². The standard InChI is InChI=1S/C30H25Cl2NO6S/c1-3-37-24-14-18(10-13-23(24)39-17-20-11-12-21(31)16-22(20)32)15-25-27(34)26(30(36)38-4-2)29(40-25)33-28(35)19-8-6-5-7-9-19/h5-16,34H,3-4,17H2,1-2H3/b25-15-,33-29?. The van der Waals surface area contributed by atoms with Crippen LogP contribution in [0.15, 0.2) is 88.0 Å². The lowest BCUT2D eigenvalue weighted by Crippen LogP contribution is -2.14. The van der Waals surface area contributed by atoms with Gasteiger partial charge in [-0.25, -0.2) is 9.79 Å². The Morgan fingerprint density at radius 3 is 2.42 bits per heavy atom. The summed E-state index contributed by atoms with van der Waals surface area (Å²) in [7, 11) is 0. The van der Waals surface area contributed by atoms with E-state index in [1.54, 1.807) is 79.7 Å². The van der Waals surface area contributed by atoms with E-state index in [9.17, 15) is 14.7 Å². The zero-order valence-corrected chi connectivity index (χ0v) is 24.0. The highest BCUT2D eigenvalue weighted by atomic mass is 35.5. The fourth-order valence-electron chi connectivity index (χ4n) is 3.68. The summed E-state index contributed by atoms with van der Waals surface area (Å²) in [4.78, 5) is 29.8. The number of ether oxygens (including phenoxy) is 3. The smallest absolute Gasteiger partial charge is 0.344 e. The van der Waals surface area contributed by atoms with Crippen molar-refractivity contribution >= 4 is 58.0 Å². The molecule has 0 bridgehead atoms. The van der Waals surface area contributed by atoms with Gasteiger partial charge < -0.3 is 19.3 Å². The summed E-state index contributed by atoms with van der Waals surface area (Å²) >= 11 is 13.2. The summed E-state index contributed by atoms with van der Waals surface area (Å²) in [5.74, 6) is -0.655. The normalized spacial score (nSPS) is 15.0. The van der Waals surface area contributed by atoms with Gasteiger partial charge in [-0.1, -0.05) is 65.3 Å². The first-order valence-electron chi connectivity index (χ1n) is 12.3. The molecule has 3 aromatic carbocycles. The van der Waals surface area contributed by atoms with Gasteiger partial charge in [0, 0.05) is 21.2 Å². The van der Waals surface area contributed by atoms with Crippen LogP contribution in [-0.4, -0.2) is 35.2 Å². The van der Waals surface area contributed by atoms with Gasteiger partial charge in [0.05, 0.1) is 18.1 Å². The number of carbonyl (C=O) groups is 2. The number of amides is 1. The van der Waals surface area contributed by atoms with Crippen LogP contribution in [0.3, 0.4) is 0 Å². The number of rotatable bonds is 9. The first-order chi connectivity index (χ1) is 19.3. The number of hydrogen-bond acceptors (Lipinski definition) is 7. The van der Waals surface area contributed by atoms with E-state index in [4.69, 9.17) is 37.4 Å². The molecule has 10 heteroatoms. The molecule has 1 aliphatic heterocycles. The molecule has 3 aromatic rings. The molecule has 206 valence electrons. The van der Waals surface area contributed by atoms with Crippen molar-refractivity contribution in [3.8, 4) is 11.5 Å². The number of benzene rings is 3. The van der Waals surface area contributed by atoms with Crippen molar-refractivity contribution in [1.82, 2.24) is 0 Å². The SMILES string of the molecule is CCOC(=O)C1=C(O)/C(=C/c2ccc(OCc3ccc(Cl)cc3Cl)c(OCC)c2)SC1=NC(=O)c1ccccc1. The predicted molar refractivity (Wildman–Crippen MR) is 158 cm³/mol. The van der Waals surface area contributed by atoms with Gasteiger partial charge in [0.15, 0.2) is 11.5 Å². The maximum absolute atomic E-state index is 12.7. The molecule has 0 atom stereocenters. The molecular weight excluding hydrogens is 573 g/mol. The minimum Gasteiger partial charge on any atom is -0.506 e. The Hall–Kier alpha value is -3.72. The molecule has 40 heavy (non-hydrogen) atoms. The van der Waals surface area contributed by atoms with Crippen molar-refractivity contribution in [3.05, 3.63) is 110 Å². The van der Waals surface area contributed by atoms with E-state index in [0.29, 0.717) is 44.2 Å². The van der Waals surface area contributed by atoms with Crippen LogP contribution in [0.25, 0.3) is 6.08 Å². The van der Waals surface area contributed by atoms with Crippen molar-refractivity contribution in [1.29, 1.82) is 0 Å². The van der Waals surface area contributed by atoms with Crippen LogP contribution in [0.1, 0.15) is 35.3 Å². The highest BCUT2D eigenvalue weighted by Crippen LogP contribution is 2.40. The van der Waals surface area contributed by atoms with Gasteiger partial charge in [0.25, 0.3) is 5.91 Å². The lowest BCUT2D eigenvalue weighted by atomic mass is 10.1. The highest BCUT2D eigenvalue weighted by Gasteiger charge is 2.34. The fourth-order valence-corrected chi connectivity index (χ4v) is 5.15. The van der Waals surface area contributed by atoms with E-state index in [2.05, 4.69) is 4.99 Å². The second kappa shape index (κ2) is 13.6. The quantitative estimate of drug-likeness (QED) is 0.253. The van der Waals surface area contributed by atoms with Gasteiger partial charge in [0.1, 0.15) is 23.0 Å². The molecule has 4 rings (SSSR count). The molecule has 1 aliphatic rings. The number of carbonyl (C=O) groups excluding carboxylic acids is 2. The number of thioether (sulfide) groups is 1. The van der Waals surface area contributed by atoms with Crippen LogP contribution >= 0.6 is 35.0 Å².